The molecule has 2 aromatic carbocycles. The number of methoxy groups -OCH3 is 1. The predicted octanol–water partition coefficient (Wildman–Crippen LogP) is 2.98. The molecule has 1 aliphatic heterocycles. The molecular formula is C26H31N3O8. The summed E-state index contributed by atoms with van der Waals surface area (Å²) in [4.78, 5) is 39.6. The topological polar surface area (TPSA) is 136 Å². The second-order valence-electron chi connectivity index (χ2n) is 8.00. The largest absolute Gasteiger partial charge is 0.449 e. The first kappa shape index (κ1) is 28.0. The van der Waals surface area contributed by atoms with Crippen molar-refractivity contribution in [3.8, 4) is 6.07 Å². The van der Waals surface area contributed by atoms with E-state index in [0.29, 0.717) is 80.1 Å². The van der Waals surface area contributed by atoms with Gasteiger partial charge in [-0.3, -0.25) is 19.8 Å². The van der Waals surface area contributed by atoms with Crippen molar-refractivity contribution in [3.63, 3.8) is 0 Å². The van der Waals surface area contributed by atoms with Crippen LogP contribution in [0.4, 0.5) is 10.5 Å². The number of nitrogens with zero attached hydrogens (tertiary/aromatic N) is 2. The summed E-state index contributed by atoms with van der Waals surface area (Å²) in [5, 5.41) is 12.3. The normalized spacial score (nSPS) is 12.6. The minimum atomic E-state index is -0.673. The van der Waals surface area contributed by atoms with Crippen LogP contribution in [-0.2, 0) is 23.7 Å². The Morgan fingerprint density at radius 1 is 0.892 bits per heavy atom. The third-order valence-electron chi connectivity index (χ3n) is 5.53. The molecule has 37 heavy (non-hydrogen) atoms. The lowest BCUT2D eigenvalue weighted by Gasteiger charge is -2.27. The van der Waals surface area contributed by atoms with Gasteiger partial charge in [-0.25, -0.2) is 4.79 Å². The molecule has 1 aliphatic rings. The number of rotatable bonds is 16. The molecule has 3 amide bonds. The van der Waals surface area contributed by atoms with Crippen molar-refractivity contribution in [2.75, 3.05) is 71.8 Å². The Morgan fingerprint density at radius 3 is 2.22 bits per heavy atom. The number of nitrogens with one attached hydrogen (secondary N) is 1. The van der Waals surface area contributed by atoms with E-state index >= 15 is 0 Å². The highest BCUT2D eigenvalue weighted by molar-refractivity contribution is 6.27. The van der Waals surface area contributed by atoms with Crippen LogP contribution in [0.5, 0.6) is 0 Å². The lowest BCUT2D eigenvalue weighted by molar-refractivity contribution is 0.00148. The maximum Gasteiger partial charge on any atom is 0.411 e. The Bertz CT molecular complexity index is 1110. The van der Waals surface area contributed by atoms with E-state index in [4.69, 9.17) is 28.9 Å². The van der Waals surface area contributed by atoms with Crippen LogP contribution in [-0.4, -0.2) is 89.3 Å². The number of hydrogen-bond donors (Lipinski definition) is 1. The average molecular weight is 514 g/mol. The summed E-state index contributed by atoms with van der Waals surface area (Å²) in [6.07, 6.45) is 0.0560. The number of anilines is 1. The van der Waals surface area contributed by atoms with Gasteiger partial charge >= 0.3 is 6.09 Å². The van der Waals surface area contributed by atoms with Crippen molar-refractivity contribution in [1.82, 2.24) is 4.90 Å². The van der Waals surface area contributed by atoms with Gasteiger partial charge < -0.3 is 23.7 Å². The lowest BCUT2D eigenvalue weighted by atomic mass is 9.93. The highest BCUT2D eigenvalue weighted by Gasteiger charge is 2.33. The summed E-state index contributed by atoms with van der Waals surface area (Å²) in [7, 11) is 1.61. The maximum absolute atomic E-state index is 13.1. The van der Waals surface area contributed by atoms with Gasteiger partial charge in [0.1, 0.15) is 0 Å². The van der Waals surface area contributed by atoms with Gasteiger partial charge in [0, 0.05) is 35.4 Å². The quantitative estimate of drug-likeness (QED) is 0.265. The summed E-state index contributed by atoms with van der Waals surface area (Å²) >= 11 is 0. The van der Waals surface area contributed by atoms with Crippen LogP contribution >= 0.6 is 0 Å². The summed E-state index contributed by atoms with van der Waals surface area (Å²) in [6.45, 7) is 3.03. The molecule has 0 unspecified atom stereocenters. The maximum atomic E-state index is 13.1. The second-order valence-corrected chi connectivity index (χ2v) is 8.00. The number of imide groups is 1. The molecule has 11 heteroatoms. The van der Waals surface area contributed by atoms with E-state index in [0.717, 1.165) is 4.90 Å². The minimum Gasteiger partial charge on any atom is -0.449 e. The van der Waals surface area contributed by atoms with Gasteiger partial charge in [0.2, 0.25) is 0 Å². The predicted molar refractivity (Wildman–Crippen MR) is 133 cm³/mol. The van der Waals surface area contributed by atoms with Crippen molar-refractivity contribution >= 4 is 34.4 Å². The van der Waals surface area contributed by atoms with E-state index in [1.54, 1.807) is 37.4 Å². The van der Waals surface area contributed by atoms with E-state index in [-0.39, 0.29) is 19.8 Å². The molecule has 0 aliphatic carbocycles. The second kappa shape index (κ2) is 14.9. The lowest BCUT2D eigenvalue weighted by Crippen LogP contribution is -2.42. The number of unbranched alkanes of at least 4 members (excludes halogenated alkanes) is 1. The zero-order valence-corrected chi connectivity index (χ0v) is 20.8. The van der Waals surface area contributed by atoms with Gasteiger partial charge in [0.05, 0.1) is 71.2 Å². The van der Waals surface area contributed by atoms with Crippen LogP contribution in [0.3, 0.4) is 0 Å². The summed E-state index contributed by atoms with van der Waals surface area (Å²) in [5.41, 5.74) is 1.16. The molecule has 3 rings (SSSR count). The molecular weight excluding hydrogens is 482 g/mol. The van der Waals surface area contributed by atoms with E-state index in [9.17, 15) is 14.4 Å². The molecule has 0 aromatic heterocycles. The third-order valence-corrected chi connectivity index (χ3v) is 5.53. The van der Waals surface area contributed by atoms with Crippen LogP contribution in [0.1, 0.15) is 33.6 Å². The SMILES string of the molecule is COCCOCCOCCOCCN1C(=O)c2cccc3c(NC(=O)OCCCC#N)ccc(c23)C1=O. The number of amides is 3. The third kappa shape index (κ3) is 7.71. The molecule has 198 valence electrons. The average Bonchev–Trinajstić information content (AvgIpc) is 2.90. The fraction of sp³-hybridized carbons (Fsp3) is 0.462. The molecule has 1 N–H and O–H groups in total. The van der Waals surface area contributed by atoms with Crippen LogP contribution in [0.15, 0.2) is 30.3 Å². The van der Waals surface area contributed by atoms with Gasteiger partial charge in [-0.05, 0) is 24.6 Å². The molecule has 0 fully saturated rings. The fourth-order valence-electron chi connectivity index (χ4n) is 3.76. The monoisotopic (exact) mass is 513 g/mol. The fourth-order valence-corrected chi connectivity index (χ4v) is 3.76. The number of nitriles is 1. The Labute approximate surface area is 215 Å². The standard InChI is InChI=1S/C26H31N3O8/c1-33-13-14-35-17-18-36-16-15-34-12-10-29-24(30)20-6-4-5-19-22(8-7-21(23(19)20)25(29)31)28-26(32)37-11-3-2-9-27/h4-8H,2-3,10-18H2,1H3,(H,28,32). The Morgan fingerprint density at radius 2 is 1.54 bits per heavy atom. The first-order chi connectivity index (χ1) is 18.1. The summed E-state index contributed by atoms with van der Waals surface area (Å²) in [6, 6.07) is 10.3. The molecule has 0 saturated carbocycles. The number of hydrogen-bond acceptors (Lipinski definition) is 9. The van der Waals surface area contributed by atoms with E-state index in [1.807, 2.05) is 6.07 Å². The van der Waals surface area contributed by atoms with Crippen molar-refractivity contribution < 1.29 is 38.1 Å². The highest BCUT2D eigenvalue weighted by atomic mass is 16.6. The molecule has 0 bridgehead atoms. The number of carbonyl (C=O) groups excluding carboxylic acids is 3. The van der Waals surface area contributed by atoms with Gasteiger partial charge in [-0.2, -0.15) is 5.26 Å². The van der Waals surface area contributed by atoms with Gasteiger partial charge in [-0.15, -0.1) is 0 Å². The molecule has 0 saturated heterocycles. The number of carbonyl (C=O) groups is 3. The molecule has 0 radical (unpaired) electrons. The molecule has 1 heterocycles. The number of benzene rings is 2. The number of ether oxygens (including phenoxy) is 5. The van der Waals surface area contributed by atoms with Gasteiger partial charge in [-0.1, -0.05) is 12.1 Å². The zero-order valence-electron chi connectivity index (χ0n) is 20.8. The summed E-state index contributed by atoms with van der Waals surface area (Å²) in [5.74, 6) is -0.847. The van der Waals surface area contributed by atoms with Gasteiger partial charge in [0.25, 0.3) is 11.8 Å². The van der Waals surface area contributed by atoms with Crippen molar-refractivity contribution in [2.45, 2.75) is 12.8 Å². The van der Waals surface area contributed by atoms with Crippen LogP contribution in [0, 0.1) is 11.3 Å². The molecule has 0 atom stereocenters. The van der Waals surface area contributed by atoms with Crippen LogP contribution in [0.2, 0.25) is 0 Å². The first-order valence-electron chi connectivity index (χ1n) is 12.0. The zero-order chi connectivity index (χ0) is 26.5. The van der Waals surface area contributed by atoms with Crippen molar-refractivity contribution in [1.29, 1.82) is 5.26 Å². The summed E-state index contributed by atoms with van der Waals surface area (Å²) < 4.78 is 26.2. The van der Waals surface area contributed by atoms with Crippen molar-refractivity contribution in [2.24, 2.45) is 0 Å². The highest BCUT2D eigenvalue weighted by Crippen LogP contribution is 2.34. The van der Waals surface area contributed by atoms with E-state index in [2.05, 4.69) is 5.32 Å². The van der Waals surface area contributed by atoms with Gasteiger partial charge in [0.15, 0.2) is 0 Å². The molecule has 0 spiro atoms. The Balaban J connectivity index is 1.53. The first-order valence-corrected chi connectivity index (χ1v) is 12.0. The van der Waals surface area contributed by atoms with Crippen LogP contribution < -0.4 is 5.32 Å². The van der Waals surface area contributed by atoms with Crippen LogP contribution in [0.25, 0.3) is 10.8 Å². The Kier molecular flexibility index (Phi) is 11.3. The van der Waals surface area contributed by atoms with E-state index in [1.165, 1.54) is 0 Å². The smallest absolute Gasteiger partial charge is 0.411 e. The molecule has 2 aromatic rings. The Hall–Kier alpha value is -3.56. The van der Waals surface area contributed by atoms with E-state index < -0.39 is 17.9 Å². The minimum absolute atomic E-state index is 0.0998. The van der Waals surface area contributed by atoms with Crippen molar-refractivity contribution in [3.05, 3.63) is 41.5 Å². The molecule has 11 nitrogen and oxygen atoms in total.